The largest absolute Gasteiger partial charge is 0.467 e. The van der Waals surface area contributed by atoms with Crippen LogP contribution in [0.15, 0.2) is 64.9 Å². The summed E-state index contributed by atoms with van der Waals surface area (Å²) in [7, 11) is 0. The molecule has 4 rings (SSSR count). The van der Waals surface area contributed by atoms with Crippen LogP contribution in [0.3, 0.4) is 0 Å². The van der Waals surface area contributed by atoms with E-state index in [2.05, 4.69) is 20.9 Å². The number of anilines is 1. The fraction of sp³-hybridized carbons (Fsp3) is 0.111. The van der Waals surface area contributed by atoms with Crippen molar-refractivity contribution in [3.8, 4) is 0 Å². The minimum absolute atomic E-state index is 0.332. The van der Waals surface area contributed by atoms with E-state index < -0.39 is 0 Å². The van der Waals surface area contributed by atoms with Crippen LogP contribution in [0.25, 0.3) is 10.9 Å². The minimum Gasteiger partial charge on any atom is -0.467 e. The molecule has 0 aliphatic heterocycles. The molecule has 4 nitrogen and oxygen atoms in total. The molecule has 0 radical (unpaired) electrons. The molecule has 0 fully saturated rings. The van der Waals surface area contributed by atoms with Crippen LogP contribution in [-0.4, -0.2) is 9.97 Å². The predicted molar refractivity (Wildman–Crippen MR) is 92.4 cm³/mol. The highest BCUT2D eigenvalue weighted by molar-refractivity contribution is 7.09. The van der Waals surface area contributed by atoms with E-state index in [4.69, 9.17) is 4.42 Å². The molecular formula is C18H14FN3OS. The molecule has 4 aromatic rings. The number of para-hydroxylation sites is 1. The Bertz CT molecular complexity index is 902. The molecule has 1 aromatic carbocycles. The lowest BCUT2D eigenvalue weighted by atomic mass is 10.2. The second-order valence-corrected chi connectivity index (χ2v) is 6.38. The van der Waals surface area contributed by atoms with Gasteiger partial charge in [0.1, 0.15) is 29.2 Å². The highest BCUT2D eigenvalue weighted by atomic mass is 32.1. The number of halogens is 1. The summed E-state index contributed by atoms with van der Waals surface area (Å²) in [6, 6.07) is 12.8. The SMILES string of the molecule is Fc1cccc2c(N(Cc3ccco3)Cc3cccs3)ncnc12. The van der Waals surface area contributed by atoms with E-state index in [1.165, 1.54) is 17.3 Å². The first-order valence-corrected chi connectivity index (χ1v) is 8.38. The van der Waals surface area contributed by atoms with E-state index in [0.717, 1.165) is 5.76 Å². The molecule has 0 aliphatic rings. The Labute approximate surface area is 142 Å². The topological polar surface area (TPSA) is 42.2 Å². The third kappa shape index (κ3) is 2.88. The molecule has 3 aromatic heterocycles. The lowest BCUT2D eigenvalue weighted by Gasteiger charge is -2.23. The maximum Gasteiger partial charge on any atom is 0.149 e. The molecule has 0 unspecified atom stereocenters. The Morgan fingerprint density at radius 3 is 2.79 bits per heavy atom. The molecule has 0 saturated carbocycles. The first kappa shape index (κ1) is 14.8. The predicted octanol–water partition coefficient (Wildman–Crippen LogP) is 4.63. The molecule has 0 amide bonds. The fourth-order valence-corrected chi connectivity index (χ4v) is 3.40. The van der Waals surface area contributed by atoms with Crippen LogP contribution in [-0.2, 0) is 13.1 Å². The number of thiophene rings is 1. The molecule has 0 bridgehead atoms. The van der Waals surface area contributed by atoms with Crippen LogP contribution >= 0.6 is 11.3 Å². The average Bonchev–Trinajstić information content (AvgIpc) is 3.28. The number of furan rings is 1. The van der Waals surface area contributed by atoms with Crippen molar-refractivity contribution in [2.45, 2.75) is 13.1 Å². The molecule has 0 spiro atoms. The van der Waals surface area contributed by atoms with E-state index >= 15 is 0 Å². The molecule has 24 heavy (non-hydrogen) atoms. The average molecular weight is 339 g/mol. The summed E-state index contributed by atoms with van der Waals surface area (Å²) < 4.78 is 19.5. The second-order valence-electron chi connectivity index (χ2n) is 5.35. The number of hydrogen-bond acceptors (Lipinski definition) is 5. The normalized spacial score (nSPS) is 11.0. The van der Waals surface area contributed by atoms with Gasteiger partial charge in [0.15, 0.2) is 0 Å². The van der Waals surface area contributed by atoms with Gasteiger partial charge in [-0.1, -0.05) is 12.1 Å². The third-order valence-electron chi connectivity index (χ3n) is 3.75. The van der Waals surface area contributed by atoms with E-state index in [-0.39, 0.29) is 5.82 Å². The zero-order valence-corrected chi connectivity index (χ0v) is 13.5. The van der Waals surface area contributed by atoms with E-state index in [9.17, 15) is 4.39 Å². The van der Waals surface area contributed by atoms with Crippen LogP contribution in [0, 0.1) is 5.82 Å². The van der Waals surface area contributed by atoms with Gasteiger partial charge in [0, 0.05) is 10.3 Å². The maximum absolute atomic E-state index is 14.1. The molecule has 6 heteroatoms. The second kappa shape index (κ2) is 6.41. The van der Waals surface area contributed by atoms with Crippen LogP contribution in [0.4, 0.5) is 10.2 Å². The van der Waals surface area contributed by atoms with E-state index in [1.54, 1.807) is 23.7 Å². The summed E-state index contributed by atoms with van der Waals surface area (Å²) in [6.45, 7) is 1.22. The molecule has 0 aliphatic carbocycles. The van der Waals surface area contributed by atoms with Gasteiger partial charge in [0.05, 0.1) is 19.4 Å². The minimum atomic E-state index is -0.342. The van der Waals surface area contributed by atoms with Crippen LogP contribution in [0.1, 0.15) is 10.6 Å². The zero-order chi connectivity index (χ0) is 16.4. The summed E-state index contributed by atoms with van der Waals surface area (Å²) >= 11 is 1.68. The molecule has 0 atom stereocenters. The number of aromatic nitrogens is 2. The van der Waals surface area contributed by atoms with Gasteiger partial charge >= 0.3 is 0 Å². The number of fused-ring (bicyclic) bond motifs is 1. The van der Waals surface area contributed by atoms with Crippen LogP contribution in [0.5, 0.6) is 0 Å². The van der Waals surface area contributed by atoms with Crippen molar-refractivity contribution in [3.05, 3.63) is 76.9 Å². The summed E-state index contributed by atoms with van der Waals surface area (Å²) in [5.74, 6) is 1.18. The van der Waals surface area contributed by atoms with Gasteiger partial charge in [-0.3, -0.25) is 0 Å². The molecule has 0 N–H and O–H groups in total. The Morgan fingerprint density at radius 2 is 2.00 bits per heavy atom. The molecule has 3 heterocycles. The third-order valence-corrected chi connectivity index (χ3v) is 4.61. The van der Waals surface area contributed by atoms with Crippen LogP contribution < -0.4 is 4.90 Å². The van der Waals surface area contributed by atoms with Gasteiger partial charge in [-0.15, -0.1) is 11.3 Å². The highest BCUT2D eigenvalue weighted by Gasteiger charge is 2.16. The first-order valence-electron chi connectivity index (χ1n) is 7.50. The van der Waals surface area contributed by atoms with Crippen molar-refractivity contribution in [1.29, 1.82) is 0 Å². The van der Waals surface area contributed by atoms with Gasteiger partial charge in [-0.25, -0.2) is 14.4 Å². The molecular weight excluding hydrogens is 325 g/mol. The van der Waals surface area contributed by atoms with Crippen molar-refractivity contribution in [2.24, 2.45) is 0 Å². The van der Waals surface area contributed by atoms with Gasteiger partial charge in [-0.2, -0.15) is 0 Å². The highest BCUT2D eigenvalue weighted by Crippen LogP contribution is 2.28. The van der Waals surface area contributed by atoms with Crippen LogP contribution in [0.2, 0.25) is 0 Å². The summed E-state index contributed by atoms with van der Waals surface area (Å²) in [4.78, 5) is 11.8. The van der Waals surface area contributed by atoms with Gasteiger partial charge in [0.25, 0.3) is 0 Å². The Balaban J connectivity index is 1.79. The number of rotatable bonds is 5. The summed E-state index contributed by atoms with van der Waals surface area (Å²) in [5, 5.41) is 2.73. The standard InChI is InChI=1S/C18H14FN3OS/c19-16-7-1-6-15-17(16)20-12-21-18(15)22(10-13-4-2-8-23-13)11-14-5-3-9-24-14/h1-9,12H,10-11H2. The van der Waals surface area contributed by atoms with E-state index in [1.807, 2.05) is 29.6 Å². The van der Waals surface area contributed by atoms with Gasteiger partial charge in [0.2, 0.25) is 0 Å². The van der Waals surface area contributed by atoms with Crippen molar-refractivity contribution >= 4 is 28.1 Å². The number of benzene rings is 1. The van der Waals surface area contributed by atoms with Crippen molar-refractivity contribution in [2.75, 3.05) is 4.90 Å². The van der Waals surface area contributed by atoms with Crippen molar-refractivity contribution in [3.63, 3.8) is 0 Å². The summed E-state index contributed by atoms with van der Waals surface area (Å²) in [5.41, 5.74) is 0.332. The first-order chi connectivity index (χ1) is 11.8. The van der Waals surface area contributed by atoms with Gasteiger partial charge in [-0.05, 0) is 35.7 Å². The summed E-state index contributed by atoms with van der Waals surface area (Å²) in [6.07, 6.45) is 3.06. The molecule has 120 valence electrons. The van der Waals surface area contributed by atoms with Crippen molar-refractivity contribution < 1.29 is 8.81 Å². The monoisotopic (exact) mass is 339 g/mol. The van der Waals surface area contributed by atoms with Crippen molar-refractivity contribution in [1.82, 2.24) is 9.97 Å². The smallest absolute Gasteiger partial charge is 0.149 e. The lowest BCUT2D eigenvalue weighted by Crippen LogP contribution is -2.23. The fourth-order valence-electron chi connectivity index (χ4n) is 2.68. The lowest BCUT2D eigenvalue weighted by molar-refractivity contribution is 0.501. The van der Waals surface area contributed by atoms with Gasteiger partial charge < -0.3 is 9.32 Å². The number of hydrogen-bond donors (Lipinski definition) is 0. The zero-order valence-electron chi connectivity index (χ0n) is 12.7. The molecule has 0 saturated heterocycles. The Morgan fingerprint density at radius 1 is 1.04 bits per heavy atom. The Hall–Kier alpha value is -2.73. The van der Waals surface area contributed by atoms with E-state index in [0.29, 0.717) is 29.8 Å². The quantitative estimate of drug-likeness (QED) is 0.532. The maximum atomic E-state index is 14.1. The number of nitrogens with zero attached hydrogens (tertiary/aromatic N) is 3. The Kier molecular flexibility index (Phi) is 3.96.